The molecular formula is C12H18BrNO2. The lowest BCUT2D eigenvalue weighted by Gasteiger charge is -2.21. The van der Waals surface area contributed by atoms with Crippen molar-refractivity contribution in [3.8, 4) is 11.5 Å². The normalized spacial score (nSPS) is 11.4. The zero-order valence-electron chi connectivity index (χ0n) is 10.1. The standard InChI is InChI=1S/C12H18BrNO2/c1-12(2,14)7-8-5-9(13)6-10(15-3)11(8)16-4/h5-6H,7,14H2,1-4H3. The van der Waals surface area contributed by atoms with Gasteiger partial charge in [0.25, 0.3) is 0 Å². The molecular weight excluding hydrogens is 270 g/mol. The first-order chi connectivity index (χ1) is 7.37. The zero-order chi connectivity index (χ0) is 12.3. The third kappa shape index (κ3) is 3.39. The molecule has 90 valence electrons. The van der Waals surface area contributed by atoms with Gasteiger partial charge in [-0.2, -0.15) is 0 Å². The zero-order valence-corrected chi connectivity index (χ0v) is 11.7. The Hall–Kier alpha value is -0.740. The van der Waals surface area contributed by atoms with Crippen molar-refractivity contribution >= 4 is 15.9 Å². The minimum atomic E-state index is -0.279. The third-order valence-corrected chi connectivity index (χ3v) is 2.62. The number of ether oxygens (including phenoxy) is 2. The maximum Gasteiger partial charge on any atom is 0.164 e. The summed E-state index contributed by atoms with van der Waals surface area (Å²) < 4.78 is 11.6. The first-order valence-electron chi connectivity index (χ1n) is 5.06. The number of rotatable bonds is 4. The minimum absolute atomic E-state index is 0.279. The summed E-state index contributed by atoms with van der Waals surface area (Å²) in [5.41, 5.74) is 6.79. The monoisotopic (exact) mass is 287 g/mol. The van der Waals surface area contributed by atoms with E-state index >= 15 is 0 Å². The summed E-state index contributed by atoms with van der Waals surface area (Å²) in [4.78, 5) is 0. The molecule has 0 saturated heterocycles. The van der Waals surface area contributed by atoms with Crippen LogP contribution in [0.1, 0.15) is 19.4 Å². The van der Waals surface area contributed by atoms with Crippen LogP contribution in [0.3, 0.4) is 0 Å². The van der Waals surface area contributed by atoms with Gasteiger partial charge in [-0.1, -0.05) is 15.9 Å². The van der Waals surface area contributed by atoms with Crippen LogP contribution in [0.15, 0.2) is 16.6 Å². The molecule has 1 rings (SSSR count). The van der Waals surface area contributed by atoms with E-state index in [2.05, 4.69) is 15.9 Å². The molecule has 0 fully saturated rings. The molecule has 0 bridgehead atoms. The second-order valence-corrected chi connectivity index (χ2v) is 5.38. The molecule has 3 nitrogen and oxygen atoms in total. The largest absolute Gasteiger partial charge is 0.493 e. The average molecular weight is 288 g/mol. The predicted octanol–water partition coefficient (Wildman–Crippen LogP) is 2.75. The van der Waals surface area contributed by atoms with Crippen molar-refractivity contribution in [2.45, 2.75) is 25.8 Å². The highest BCUT2D eigenvalue weighted by atomic mass is 79.9. The molecule has 0 aromatic heterocycles. The van der Waals surface area contributed by atoms with Gasteiger partial charge in [0.15, 0.2) is 11.5 Å². The van der Waals surface area contributed by atoms with Gasteiger partial charge in [0, 0.05) is 15.6 Å². The fraction of sp³-hybridized carbons (Fsp3) is 0.500. The summed E-state index contributed by atoms with van der Waals surface area (Å²) in [7, 11) is 3.26. The van der Waals surface area contributed by atoms with E-state index < -0.39 is 0 Å². The van der Waals surface area contributed by atoms with Crippen LogP contribution in [0.4, 0.5) is 0 Å². The van der Waals surface area contributed by atoms with Gasteiger partial charge in [-0.15, -0.1) is 0 Å². The van der Waals surface area contributed by atoms with Crippen LogP contribution in [0, 0.1) is 0 Å². The number of hydrogen-bond acceptors (Lipinski definition) is 3. The van der Waals surface area contributed by atoms with Gasteiger partial charge < -0.3 is 15.2 Å². The topological polar surface area (TPSA) is 44.5 Å². The molecule has 0 spiro atoms. The smallest absolute Gasteiger partial charge is 0.164 e. The molecule has 16 heavy (non-hydrogen) atoms. The lowest BCUT2D eigenvalue weighted by atomic mass is 9.95. The Morgan fingerprint density at radius 2 is 1.88 bits per heavy atom. The second-order valence-electron chi connectivity index (χ2n) is 4.47. The molecule has 0 atom stereocenters. The highest BCUT2D eigenvalue weighted by molar-refractivity contribution is 9.10. The van der Waals surface area contributed by atoms with E-state index in [0.717, 1.165) is 28.0 Å². The van der Waals surface area contributed by atoms with Crippen molar-refractivity contribution in [3.05, 3.63) is 22.2 Å². The number of benzene rings is 1. The van der Waals surface area contributed by atoms with Gasteiger partial charge in [-0.3, -0.25) is 0 Å². The molecule has 0 aliphatic heterocycles. The van der Waals surface area contributed by atoms with Gasteiger partial charge in [-0.25, -0.2) is 0 Å². The van der Waals surface area contributed by atoms with Crippen molar-refractivity contribution in [1.82, 2.24) is 0 Å². The Bertz CT molecular complexity index is 372. The highest BCUT2D eigenvalue weighted by Crippen LogP contribution is 2.35. The molecule has 2 N–H and O–H groups in total. The van der Waals surface area contributed by atoms with Crippen molar-refractivity contribution in [2.24, 2.45) is 5.73 Å². The summed E-state index contributed by atoms with van der Waals surface area (Å²) in [6, 6.07) is 3.89. The Kier molecular flexibility index (Phi) is 4.21. The van der Waals surface area contributed by atoms with Gasteiger partial charge in [-0.05, 0) is 32.4 Å². The fourth-order valence-electron chi connectivity index (χ4n) is 1.63. The van der Waals surface area contributed by atoms with Crippen molar-refractivity contribution in [1.29, 1.82) is 0 Å². The van der Waals surface area contributed by atoms with E-state index in [-0.39, 0.29) is 5.54 Å². The summed E-state index contributed by atoms with van der Waals surface area (Å²) >= 11 is 3.45. The highest BCUT2D eigenvalue weighted by Gasteiger charge is 2.18. The molecule has 0 heterocycles. The molecule has 0 amide bonds. The first-order valence-corrected chi connectivity index (χ1v) is 5.86. The van der Waals surface area contributed by atoms with Crippen LogP contribution in [0.25, 0.3) is 0 Å². The molecule has 4 heteroatoms. The van der Waals surface area contributed by atoms with E-state index in [9.17, 15) is 0 Å². The quantitative estimate of drug-likeness (QED) is 0.926. The van der Waals surface area contributed by atoms with Gasteiger partial charge in [0.2, 0.25) is 0 Å². The molecule has 0 aliphatic carbocycles. The lowest BCUT2D eigenvalue weighted by Crippen LogP contribution is -2.34. The number of halogens is 1. The fourth-order valence-corrected chi connectivity index (χ4v) is 2.11. The van der Waals surface area contributed by atoms with E-state index in [1.165, 1.54) is 0 Å². The Balaban J connectivity index is 3.20. The first kappa shape index (κ1) is 13.3. The molecule has 1 aromatic rings. The van der Waals surface area contributed by atoms with Crippen LogP contribution in [-0.2, 0) is 6.42 Å². The number of methoxy groups -OCH3 is 2. The van der Waals surface area contributed by atoms with Gasteiger partial charge in [0.05, 0.1) is 14.2 Å². The van der Waals surface area contributed by atoms with Gasteiger partial charge >= 0.3 is 0 Å². The number of nitrogens with two attached hydrogens (primary N) is 1. The number of hydrogen-bond donors (Lipinski definition) is 1. The van der Waals surface area contributed by atoms with E-state index in [1.54, 1.807) is 14.2 Å². The molecule has 0 aliphatic rings. The van der Waals surface area contributed by atoms with Crippen LogP contribution >= 0.6 is 15.9 Å². The molecule has 1 aromatic carbocycles. The summed E-state index contributed by atoms with van der Waals surface area (Å²) in [6.45, 7) is 3.97. The average Bonchev–Trinajstić information content (AvgIpc) is 2.14. The van der Waals surface area contributed by atoms with E-state index in [0.29, 0.717) is 0 Å². The maximum atomic E-state index is 6.02. The van der Waals surface area contributed by atoms with Gasteiger partial charge in [0.1, 0.15) is 0 Å². The Morgan fingerprint density at radius 1 is 1.25 bits per heavy atom. The van der Waals surface area contributed by atoms with E-state index in [4.69, 9.17) is 15.2 Å². The summed E-state index contributed by atoms with van der Waals surface area (Å²) in [5.74, 6) is 1.47. The van der Waals surface area contributed by atoms with Crippen LogP contribution in [0.5, 0.6) is 11.5 Å². The van der Waals surface area contributed by atoms with Crippen LogP contribution in [0.2, 0.25) is 0 Å². The summed E-state index contributed by atoms with van der Waals surface area (Å²) in [6.07, 6.45) is 0.728. The summed E-state index contributed by atoms with van der Waals surface area (Å²) in [5, 5.41) is 0. The van der Waals surface area contributed by atoms with Crippen LogP contribution < -0.4 is 15.2 Å². The lowest BCUT2D eigenvalue weighted by molar-refractivity contribution is 0.348. The van der Waals surface area contributed by atoms with Crippen molar-refractivity contribution in [3.63, 3.8) is 0 Å². The minimum Gasteiger partial charge on any atom is -0.493 e. The molecule has 0 radical (unpaired) electrons. The second kappa shape index (κ2) is 5.06. The van der Waals surface area contributed by atoms with Crippen molar-refractivity contribution in [2.75, 3.05) is 14.2 Å². The maximum absolute atomic E-state index is 6.02. The Labute approximate surface area is 105 Å². The van der Waals surface area contributed by atoms with Crippen molar-refractivity contribution < 1.29 is 9.47 Å². The molecule has 0 unspecified atom stereocenters. The third-order valence-electron chi connectivity index (χ3n) is 2.17. The SMILES string of the molecule is COc1cc(Br)cc(CC(C)(C)N)c1OC. The Morgan fingerprint density at radius 3 is 2.31 bits per heavy atom. The molecule has 0 saturated carbocycles. The van der Waals surface area contributed by atoms with Crippen LogP contribution in [-0.4, -0.2) is 19.8 Å². The predicted molar refractivity (Wildman–Crippen MR) is 69.2 cm³/mol. The van der Waals surface area contributed by atoms with E-state index in [1.807, 2.05) is 26.0 Å².